The van der Waals surface area contributed by atoms with E-state index < -0.39 is 16.0 Å². The second-order valence-corrected chi connectivity index (χ2v) is 6.59. The molecule has 104 valence electrons. The van der Waals surface area contributed by atoms with Gasteiger partial charge < -0.3 is 9.47 Å². The van der Waals surface area contributed by atoms with Crippen LogP contribution in [0, 0.1) is 0 Å². The van der Waals surface area contributed by atoms with Crippen LogP contribution in [0.15, 0.2) is 27.6 Å². The number of benzene rings is 1. The Morgan fingerprint density at radius 2 is 2.16 bits per heavy atom. The molecule has 0 amide bonds. The monoisotopic (exact) mass is 349 g/mol. The van der Waals surface area contributed by atoms with Crippen molar-refractivity contribution in [1.82, 2.24) is 0 Å². The number of carbonyl (C=O) groups is 1. The predicted octanol–water partition coefficient (Wildman–Crippen LogP) is 1.04. The average Bonchev–Trinajstić information content (AvgIpc) is 2.79. The third-order valence-corrected chi connectivity index (χ3v) is 3.95. The van der Waals surface area contributed by atoms with E-state index in [0.29, 0.717) is 24.1 Å². The Morgan fingerprint density at radius 1 is 1.42 bits per heavy atom. The van der Waals surface area contributed by atoms with Crippen LogP contribution in [0.25, 0.3) is 0 Å². The predicted molar refractivity (Wildman–Crippen MR) is 70.2 cm³/mol. The lowest BCUT2D eigenvalue weighted by Crippen LogP contribution is -2.19. The maximum absolute atomic E-state index is 11.9. The van der Waals surface area contributed by atoms with Crippen molar-refractivity contribution in [3.8, 4) is 0 Å². The van der Waals surface area contributed by atoms with Gasteiger partial charge in [-0.3, -0.25) is 0 Å². The summed E-state index contributed by atoms with van der Waals surface area (Å²) >= 11 is 3.13. The quantitative estimate of drug-likeness (QED) is 0.822. The molecule has 6 nitrogen and oxygen atoms in total. The van der Waals surface area contributed by atoms with Crippen LogP contribution in [0.1, 0.15) is 16.8 Å². The number of sulfonamides is 1. The first-order chi connectivity index (χ1) is 8.86. The van der Waals surface area contributed by atoms with Gasteiger partial charge in [0.15, 0.2) is 0 Å². The number of rotatable bonds is 3. The summed E-state index contributed by atoms with van der Waals surface area (Å²) in [4.78, 5) is 11.8. The molecule has 0 spiro atoms. The van der Waals surface area contributed by atoms with Gasteiger partial charge in [-0.25, -0.2) is 18.4 Å². The van der Waals surface area contributed by atoms with E-state index >= 15 is 0 Å². The molecule has 1 atom stereocenters. The van der Waals surface area contributed by atoms with Crippen LogP contribution in [-0.2, 0) is 19.5 Å². The maximum Gasteiger partial charge on any atom is 0.338 e. The van der Waals surface area contributed by atoms with Gasteiger partial charge in [0, 0.05) is 10.9 Å². The van der Waals surface area contributed by atoms with Gasteiger partial charge in [-0.1, -0.05) is 15.9 Å². The number of primary sulfonamides is 1. The summed E-state index contributed by atoms with van der Waals surface area (Å²) < 4.78 is 33.3. The van der Waals surface area contributed by atoms with Gasteiger partial charge in [-0.15, -0.1) is 0 Å². The van der Waals surface area contributed by atoms with Crippen LogP contribution in [-0.4, -0.2) is 33.7 Å². The molecule has 0 radical (unpaired) electrons. The summed E-state index contributed by atoms with van der Waals surface area (Å²) in [6, 6.07) is 4.00. The van der Waals surface area contributed by atoms with Gasteiger partial charge in [-0.05, 0) is 18.2 Å². The molecule has 1 unspecified atom stereocenters. The van der Waals surface area contributed by atoms with Gasteiger partial charge in [-0.2, -0.15) is 0 Å². The first kappa shape index (κ1) is 14.4. The highest BCUT2D eigenvalue weighted by Gasteiger charge is 2.22. The minimum atomic E-state index is -3.87. The van der Waals surface area contributed by atoms with E-state index in [1.807, 2.05) is 0 Å². The van der Waals surface area contributed by atoms with Crippen LogP contribution < -0.4 is 5.14 Å². The molecule has 1 aliphatic rings. The molecule has 0 saturated carbocycles. The first-order valence-corrected chi connectivity index (χ1v) is 7.82. The fourth-order valence-corrected chi connectivity index (χ4v) is 2.90. The molecule has 0 aromatic heterocycles. The SMILES string of the molecule is NS(=O)(=O)c1cc(Br)cc(C(=O)OC2CCOC2)c1. The summed E-state index contributed by atoms with van der Waals surface area (Å²) in [5, 5.41) is 5.04. The number of halogens is 1. The number of ether oxygens (including phenoxy) is 2. The molecule has 1 aliphatic heterocycles. The highest BCUT2D eigenvalue weighted by molar-refractivity contribution is 9.10. The topological polar surface area (TPSA) is 95.7 Å². The van der Waals surface area contributed by atoms with Crippen LogP contribution in [0.2, 0.25) is 0 Å². The Balaban J connectivity index is 2.24. The highest BCUT2D eigenvalue weighted by atomic mass is 79.9. The minimum Gasteiger partial charge on any atom is -0.456 e. The van der Waals surface area contributed by atoms with E-state index in [1.54, 1.807) is 0 Å². The summed E-state index contributed by atoms with van der Waals surface area (Å²) in [5.41, 5.74) is 0.130. The Morgan fingerprint density at radius 3 is 2.74 bits per heavy atom. The smallest absolute Gasteiger partial charge is 0.338 e. The van der Waals surface area contributed by atoms with E-state index in [4.69, 9.17) is 14.6 Å². The van der Waals surface area contributed by atoms with Gasteiger partial charge in [0.25, 0.3) is 0 Å². The number of hydrogen-bond donors (Lipinski definition) is 1. The Hall–Kier alpha value is -0.960. The zero-order valence-electron chi connectivity index (χ0n) is 9.84. The fourth-order valence-electron chi connectivity index (χ4n) is 1.67. The Kier molecular flexibility index (Phi) is 4.24. The molecule has 1 saturated heterocycles. The van der Waals surface area contributed by atoms with Gasteiger partial charge in [0.1, 0.15) is 6.10 Å². The van der Waals surface area contributed by atoms with Crippen molar-refractivity contribution in [2.75, 3.05) is 13.2 Å². The van der Waals surface area contributed by atoms with Crippen molar-refractivity contribution in [2.45, 2.75) is 17.4 Å². The van der Waals surface area contributed by atoms with Crippen LogP contribution in [0.3, 0.4) is 0 Å². The third kappa shape index (κ3) is 3.75. The standard InChI is InChI=1S/C11H12BrNO5S/c12-8-3-7(4-10(5-8)19(13,15)16)11(14)18-9-1-2-17-6-9/h3-5,9H,1-2,6H2,(H2,13,15,16). The molecule has 1 aromatic carbocycles. The lowest BCUT2D eigenvalue weighted by Gasteiger charge is -2.11. The number of carbonyl (C=O) groups excluding carboxylic acids is 1. The molecular formula is C11H12BrNO5S. The van der Waals surface area contributed by atoms with E-state index in [2.05, 4.69) is 15.9 Å². The second kappa shape index (κ2) is 5.58. The van der Waals surface area contributed by atoms with Crippen LogP contribution in [0.5, 0.6) is 0 Å². The van der Waals surface area contributed by atoms with Crippen molar-refractivity contribution in [1.29, 1.82) is 0 Å². The molecule has 1 aromatic rings. The second-order valence-electron chi connectivity index (χ2n) is 4.11. The van der Waals surface area contributed by atoms with E-state index in [-0.39, 0.29) is 16.6 Å². The molecule has 1 fully saturated rings. The largest absolute Gasteiger partial charge is 0.456 e. The molecule has 19 heavy (non-hydrogen) atoms. The lowest BCUT2D eigenvalue weighted by atomic mass is 10.2. The first-order valence-electron chi connectivity index (χ1n) is 5.48. The third-order valence-electron chi connectivity index (χ3n) is 2.60. The summed E-state index contributed by atoms with van der Waals surface area (Å²) in [7, 11) is -3.87. The highest BCUT2D eigenvalue weighted by Crippen LogP contribution is 2.20. The zero-order chi connectivity index (χ0) is 14.0. The Labute approximate surface area is 119 Å². The lowest BCUT2D eigenvalue weighted by molar-refractivity contribution is 0.0270. The Bertz CT molecular complexity index is 595. The van der Waals surface area contributed by atoms with Crippen molar-refractivity contribution < 1.29 is 22.7 Å². The van der Waals surface area contributed by atoms with Crippen molar-refractivity contribution >= 4 is 31.9 Å². The van der Waals surface area contributed by atoms with Crippen molar-refractivity contribution in [3.63, 3.8) is 0 Å². The summed E-state index contributed by atoms with van der Waals surface area (Å²) in [6.07, 6.45) is 0.353. The van der Waals surface area contributed by atoms with Gasteiger partial charge >= 0.3 is 5.97 Å². The normalized spacial score (nSPS) is 19.4. The van der Waals surface area contributed by atoms with Crippen LogP contribution in [0.4, 0.5) is 0 Å². The van der Waals surface area contributed by atoms with E-state index in [9.17, 15) is 13.2 Å². The summed E-state index contributed by atoms with van der Waals surface area (Å²) in [5.74, 6) is -0.596. The maximum atomic E-state index is 11.9. The van der Waals surface area contributed by atoms with Gasteiger partial charge in [0.2, 0.25) is 10.0 Å². The van der Waals surface area contributed by atoms with Crippen molar-refractivity contribution in [3.05, 3.63) is 28.2 Å². The molecule has 2 rings (SSSR count). The molecule has 1 heterocycles. The van der Waals surface area contributed by atoms with E-state index in [0.717, 1.165) is 0 Å². The summed E-state index contributed by atoms with van der Waals surface area (Å²) in [6.45, 7) is 0.917. The fraction of sp³-hybridized carbons (Fsp3) is 0.364. The van der Waals surface area contributed by atoms with E-state index in [1.165, 1.54) is 18.2 Å². The number of hydrogen-bond acceptors (Lipinski definition) is 5. The minimum absolute atomic E-state index is 0.130. The number of nitrogens with two attached hydrogens (primary N) is 1. The molecule has 0 bridgehead atoms. The molecule has 0 aliphatic carbocycles. The average molecular weight is 350 g/mol. The van der Waals surface area contributed by atoms with Crippen LogP contribution >= 0.6 is 15.9 Å². The zero-order valence-corrected chi connectivity index (χ0v) is 12.2. The molecule has 8 heteroatoms. The number of esters is 1. The molecular weight excluding hydrogens is 338 g/mol. The van der Waals surface area contributed by atoms with Crippen molar-refractivity contribution in [2.24, 2.45) is 5.14 Å². The molecule has 2 N–H and O–H groups in total. The van der Waals surface area contributed by atoms with Gasteiger partial charge in [0.05, 0.1) is 23.7 Å².